The molecule has 0 aliphatic carbocycles. The maximum Gasteiger partial charge on any atom is 0.405 e. The number of carbonyl (C=O) groups excluding carboxylic acids is 1. The van der Waals surface area contributed by atoms with E-state index >= 15 is 0 Å². The van der Waals surface area contributed by atoms with Crippen LogP contribution < -0.4 is 14.8 Å². The lowest BCUT2D eigenvalue weighted by Gasteiger charge is -2.06. The first-order valence-electron chi connectivity index (χ1n) is 6.13. The first-order valence-corrected chi connectivity index (χ1v) is 6.95. The average Bonchev–Trinajstić information content (AvgIpc) is 3.11. The number of ether oxygens (including phenoxy) is 2. The Morgan fingerprint density at radius 3 is 2.86 bits per heavy atom. The minimum atomic E-state index is -4.44. The van der Waals surface area contributed by atoms with Crippen LogP contribution in [0.15, 0.2) is 24.4 Å². The van der Waals surface area contributed by atoms with E-state index in [1.165, 1.54) is 6.20 Å². The molecule has 0 atom stereocenters. The smallest absolute Gasteiger partial charge is 0.405 e. The first kappa shape index (κ1) is 14.6. The van der Waals surface area contributed by atoms with Crippen LogP contribution in [0, 0.1) is 0 Å². The molecule has 2 aromatic rings. The van der Waals surface area contributed by atoms with Crippen LogP contribution in [0.1, 0.15) is 9.67 Å². The molecule has 1 aromatic heterocycles. The van der Waals surface area contributed by atoms with E-state index in [9.17, 15) is 18.0 Å². The Morgan fingerprint density at radius 2 is 2.09 bits per heavy atom. The molecule has 0 fully saturated rings. The van der Waals surface area contributed by atoms with E-state index in [1.807, 2.05) is 5.32 Å². The van der Waals surface area contributed by atoms with Gasteiger partial charge < -0.3 is 14.8 Å². The molecule has 1 aliphatic heterocycles. The van der Waals surface area contributed by atoms with Gasteiger partial charge in [0.25, 0.3) is 5.91 Å². The predicted molar refractivity (Wildman–Crippen MR) is 72.1 cm³/mol. The Labute approximate surface area is 126 Å². The lowest BCUT2D eigenvalue weighted by atomic mass is 10.2. The zero-order valence-electron chi connectivity index (χ0n) is 10.9. The van der Waals surface area contributed by atoms with Gasteiger partial charge in [-0.15, -0.1) is 11.3 Å². The highest BCUT2D eigenvalue weighted by molar-refractivity contribution is 7.16. The third-order valence-corrected chi connectivity index (χ3v) is 3.84. The summed E-state index contributed by atoms with van der Waals surface area (Å²) in [4.78, 5) is 15.8. The lowest BCUT2D eigenvalue weighted by Crippen LogP contribution is -2.33. The number of thiazole rings is 1. The van der Waals surface area contributed by atoms with Gasteiger partial charge >= 0.3 is 6.18 Å². The van der Waals surface area contributed by atoms with Crippen molar-refractivity contribution < 1.29 is 27.4 Å². The third-order valence-electron chi connectivity index (χ3n) is 2.80. The van der Waals surface area contributed by atoms with Gasteiger partial charge in [-0.25, -0.2) is 4.98 Å². The second-order valence-corrected chi connectivity index (χ2v) is 5.43. The fourth-order valence-electron chi connectivity index (χ4n) is 1.81. The Morgan fingerprint density at radius 1 is 1.32 bits per heavy atom. The van der Waals surface area contributed by atoms with Gasteiger partial charge in [-0.05, 0) is 18.2 Å². The van der Waals surface area contributed by atoms with Crippen molar-refractivity contribution in [1.29, 1.82) is 0 Å². The van der Waals surface area contributed by atoms with Gasteiger partial charge in [0, 0.05) is 5.56 Å². The average molecular weight is 330 g/mol. The molecule has 116 valence electrons. The van der Waals surface area contributed by atoms with E-state index in [4.69, 9.17) is 9.47 Å². The first-order chi connectivity index (χ1) is 10.4. The van der Waals surface area contributed by atoms with Crippen molar-refractivity contribution in [2.75, 3.05) is 13.3 Å². The van der Waals surface area contributed by atoms with E-state index in [0.29, 0.717) is 22.1 Å². The zero-order chi connectivity index (χ0) is 15.7. The van der Waals surface area contributed by atoms with Crippen LogP contribution in [-0.2, 0) is 0 Å². The summed E-state index contributed by atoms with van der Waals surface area (Å²) in [5.74, 6) is 0.376. The topological polar surface area (TPSA) is 60.5 Å². The SMILES string of the molecule is O=C(NCC(F)(F)F)c1cnc(-c2ccc3c(c2)OCO3)s1. The highest BCUT2D eigenvalue weighted by atomic mass is 32.1. The molecule has 9 heteroatoms. The fraction of sp³-hybridized carbons (Fsp3) is 0.231. The lowest BCUT2D eigenvalue weighted by molar-refractivity contribution is -0.123. The summed E-state index contributed by atoms with van der Waals surface area (Å²) in [5.41, 5.74) is 0.698. The number of nitrogens with one attached hydrogen (secondary N) is 1. The number of carbonyl (C=O) groups is 1. The van der Waals surface area contributed by atoms with Gasteiger partial charge in [0.05, 0.1) is 6.20 Å². The van der Waals surface area contributed by atoms with Crippen molar-refractivity contribution in [3.63, 3.8) is 0 Å². The van der Waals surface area contributed by atoms with E-state index in [1.54, 1.807) is 18.2 Å². The van der Waals surface area contributed by atoms with Gasteiger partial charge in [0.15, 0.2) is 11.5 Å². The largest absolute Gasteiger partial charge is 0.454 e. The van der Waals surface area contributed by atoms with Crippen LogP contribution in [0.5, 0.6) is 11.5 Å². The van der Waals surface area contributed by atoms with Crippen molar-refractivity contribution in [3.8, 4) is 22.1 Å². The van der Waals surface area contributed by atoms with Crippen LogP contribution >= 0.6 is 11.3 Å². The number of aromatic nitrogens is 1. The summed E-state index contributed by atoms with van der Waals surface area (Å²) in [6.07, 6.45) is -3.20. The minimum absolute atomic E-state index is 0.108. The molecule has 3 rings (SSSR count). The van der Waals surface area contributed by atoms with Gasteiger partial charge in [-0.1, -0.05) is 0 Å². The van der Waals surface area contributed by atoms with Crippen LogP contribution in [-0.4, -0.2) is 30.4 Å². The van der Waals surface area contributed by atoms with Crippen molar-refractivity contribution in [2.45, 2.75) is 6.18 Å². The van der Waals surface area contributed by atoms with E-state index in [-0.39, 0.29) is 11.7 Å². The van der Waals surface area contributed by atoms with Gasteiger partial charge in [0.2, 0.25) is 6.79 Å². The van der Waals surface area contributed by atoms with Gasteiger partial charge in [-0.2, -0.15) is 13.2 Å². The molecule has 2 heterocycles. The highest BCUT2D eigenvalue weighted by Gasteiger charge is 2.28. The van der Waals surface area contributed by atoms with Crippen molar-refractivity contribution in [1.82, 2.24) is 10.3 Å². The molecule has 1 aliphatic rings. The van der Waals surface area contributed by atoms with Crippen LogP contribution in [0.25, 0.3) is 10.6 Å². The molecule has 0 saturated heterocycles. The third kappa shape index (κ3) is 3.14. The maximum absolute atomic E-state index is 12.1. The van der Waals surface area contributed by atoms with Crippen molar-refractivity contribution in [3.05, 3.63) is 29.3 Å². The van der Waals surface area contributed by atoms with Gasteiger partial charge in [-0.3, -0.25) is 4.79 Å². The van der Waals surface area contributed by atoms with Crippen molar-refractivity contribution >= 4 is 17.2 Å². The standard InChI is InChI=1S/C13H9F3N2O3S/c14-13(15,16)5-18-11(19)10-4-17-12(22-10)7-1-2-8-9(3-7)21-6-20-8/h1-4H,5-6H2,(H,18,19). The monoisotopic (exact) mass is 330 g/mol. The predicted octanol–water partition coefficient (Wildman–Crippen LogP) is 2.83. The summed E-state index contributed by atoms with van der Waals surface area (Å²) >= 11 is 1.00. The molecular formula is C13H9F3N2O3S. The highest BCUT2D eigenvalue weighted by Crippen LogP contribution is 2.36. The van der Waals surface area contributed by atoms with Crippen LogP contribution in [0.4, 0.5) is 13.2 Å². The van der Waals surface area contributed by atoms with E-state index in [0.717, 1.165) is 11.3 Å². The number of nitrogens with zero attached hydrogens (tertiary/aromatic N) is 1. The molecule has 1 amide bonds. The van der Waals surface area contributed by atoms with E-state index < -0.39 is 18.6 Å². The molecule has 22 heavy (non-hydrogen) atoms. The molecule has 1 aromatic carbocycles. The molecule has 5 nitrogen and oxygen atoms in total. The molecule has 0 saturated carbocycles. The number of benzene rings is 1. The number of halogens is 3. The number of alkyl halides is 3. The molecular weight excluding hydrogens is 321 g/mol. The molecule has 0 radical (unpaired) electrons. The number of hydrogen-bond donors (Lipinski definition) is 1. The molecule has 0 unspecified atom stereocenters. The van der Waals surface area contributed by atoms with E-state index in [2.05, 4.69) is 4.98 Å². The zero-order valence-corrected chi connectivity index (χ0v) is 11.8. The fourth-order valence-corrected chi connectivity index (χ4v) is 2.64. The summed E-state index contributed by atoms with van der Waals surface area (Å²) < 4.78 is 46.7. The summed E-state index contributed by atoms with van der Waals surface area (Å²) in [7, 11) is 0. The normalized spacial score (nSPS) is 13.2. The summed E-state index contributed by atoms with van der Waals surface area (Å²) in [6.45, 7) is -1.23. The Balaban J connectivity index is 1.75. The maximum atomic E-state index is 12.1. The van der Waals surface area contributed by atoms with Crippen molar-refractivity contribution in [2.24, 2.45) is 0 Å². The van der Waals surface area contributed by atoms with Crippen LogP contribution in [0.2, 0.25) is 0 Å². The number of amides is 1. The second kappa shape index (κ2) is 5.48. The minimum Gasteiger partial charge on any atom is -0.454 e. The van der Waals surface area contributed by atoms with Gasteiger partial charge in [0.1, 0.15) is 16.4 Å². The Kier molecular flexibility index (Phi) is 3.65. The second-order valence-electron chi connectivity index (χ2n) is 4.40. The van der Waals surface area contributed by atoms with Crippen LogP contribution in [0.3, 0.4) is 0 Å². The molecule has 1 N–H and O–H groups in total. The Bertz CT molecular complexity index is 715. The number of fused-ring (bicyclic) bond motifs is 1. The summed E-state index contributed by atoms with van der Waals surface area (Å²) in [6, 6.07) is 5.16. The number of hydrogen-bond acceptors (Lipinski definition) is 5. The number of rotatable bonds is 3. The Hall–Kier alpha value is -2.29. The summed E-state index contributed by atoms with van der Waals surface area (Å²) in [5, 5.41) is 2.32. The molecule has 0 bridgehead atoms. The quantitative estimate of drug-likeness (QED) is 0.940. The molecule has 0 spiro atoms.